The molecule has 1 aromatic rings. The molecule has 0 atom stereocenters. The monoisotopic (exact) mass is 441 g/mol. The number of hydrogen-bond acceptors (Lipinski definition) is 6. The number of allylic oxidation sites excluding steroid dienone is 6. The summed E-state index contributed by atoms with van der Waals surface area (Å²) in [7, 11) is 3.24. The molecule has 7 heteroatoms. The molecule has 0 aliphatic heterocycles. The van der Waals surface area contributed by atoms with Crippen LogP contribution in [0.3, 0.4) is 0 Å². The number of ketones is 1. The van der Waals surface area contributed by atoms with Crippen molar-refractivity contribution in [3.63, 3.8) is 0 Å². The summed E-state index contributed by atoms with van der Waals surface area (Å²) in [5.74, 6) is 0.504. The molecule has 1 aromatic heterocycles. The topological polar surface area (TPSA) is 94.8 Å². The summed E-state index contributed by atoms with van der Waals surface area (Å²) < 4.78 is 5.39. The van der Waals surface area contributed by atoms with Gasteiger partial charge in [0, 0.05) is 25.5 Å². The van der Waals surface area contributed by atoms with Crippen molar-refractivity contribution in [1.29, 1.82) is 0 Å². The van der Waals surface area contributed by atoms with Crippen LogP contribution < -0.4 is 10.6 Å². The first-order valence-electron chi connectivity index (χ1n) is 10.3. The van der Waals surface area contributed by atoms with Crippen LogP contribution in [0.25, 0.3) is 0 Å². The molecule has 1 aliphatic rings. The Bertz CT molecular complexity index is 924. The van der Waals surface area contributed by atoms with Gasteiger partial charge >= 0.3 is 0 Å². The molecule has 7 nitrogen and oxygen atoms in total. The molecule has 0 saturated carbocycles. The fourth-order valence-corrected chi connectivity index (χ4v) is 2.59. The Balaban J connectivity index is 0.00000227. The second kappa shape index (κ2) is 14.4. The van der Waals surface area contributed by atoms with Gasteiger partial charge in [-0.1, -0.05) is 19.9 Å². The number of Topliss-reactive ketones (excluding diaryl/α,β-unsaturated/α-hetero) is 1. The van der Waals surface area contributed by atoms with Crippen LogP contribution in [-0.2, 0) is 16.1 Å². The number of aryl methyl sites for hydroxylation is 1. The minimum absolute atomic E-state index is 0.0319. The van der Waals surface area contributed by atoms with Crippen molar-refractivity contribution in [3.05, 3.63) is 70.3 Å². The Morgan fingerprint density at radius 2 is 1.91 bits per heavy atom. The summed E-state index contributed by atoms with van der Waals surface area (Å²) in [5.41, 5.74) is 3.37. The predicted octanol–water partition coefficient (Wildman–Crippen LogP) is 4.11. The van der Waals surface area contributed by atoms with Crippen LogP contribution in [0.2, 0.25) is 0 Å². The van der Waals surface area contributed by atoms with Gasteiger partial charge < -0.3 is 25.1 Å². The Labute approximate surface area is 191 Å². The predicted molar refractivity (Wildman–Crippen MR) is 128 cm³/mol. The summed E-state index contributed by atoms with van der Waals surface area (Å²) in [6.07, 6.45) is 15.0. The lowest BCUT2D eigenvalue weighted by atomic mass is 9.98. The van der Waals surface area contributed by atoms with Crippen LogP contribution in [0.1, 0.15) is 45.4 Å². The minimum Gasteiger partial charge on any atom is -0.512 e. The molecule has 0 radical (unpaired) electrons. The van der Waals surface area contributed by atoms with E-state index in [0.29, 0.717) is 18.7 Å². The highest BCUT2D eigenvalue weighted by Gasteiger charge is 2.27. The summed E-state index contributed by atoms with van der Waals surface area (Å²) in [6.45, 7) is 9.76. The van der Waals surface area contributed by atoms with E-state index in [1.165, 1.54) is 17.9 Å². The highest BCUT2D eigenvalue weighted by atomic mass is 16.3. The summed E-state index contributed by atoms with van der Waals surface area (Å²) in [4.78, 5) is 25.3. The van der Waals surface area contributed by atoms with E-state index in [4.69, 9.17) is 4.42 Å². The van der Waals surface area contributed by atoms with E-state index in [-0.39, 0.29) is 23.0 Å². The molecular weight excluding hydrogens is 406 g/mol. The summed E-state index contributed by atoms with van der Waals surface area (Å²) in [5, 5.41) is 16.0. The van der Waals surface area contributed by atoms with Crippen LogP contribution in [0.15, 0.2) is 63.4 Å². The third-order valence-corrected chi connectivity index (χ3v) is 4.14. The van der Waals surface area contributed by atoms with Crippen molar-refractivity contribution in [2.45, 2.75) is 47.6 Å². The van der Waals surface area contributed by atoms with Gasteiger partial charge in [-0.25, -0.2) is 0 Å². The Kier molecular flexibility index (Phi) is 12.7. The van der Waals surface area contributed by atoms with Gasteiger partial charge in [0.05, 0.1) is 24.8 Å². The molecule has 0 fully saturated rings. The maximum atomic E-state index is 12.0. The highest BCUT2D eigenvalue weighted by molar-refractivity contribution is 6.04. The van der Waals surface area contributed by atoms with E-state index >= 15 is 0 Å². The summed E-state index contributed by atoms with van der Waals surface area (Å²) >= 11 is 0. The van der Waals surface area contributed by atoms with E-state index in [1.807, 2.05) is 33.8 Å². The Hall–Kier alpha value is -3.66. The van der Waals surface area contributed by atoms with Gasteiger partial charge in [-0.3, -0.25) is 9.59 Å². The van der Waals surface area contributed by atoms with E-state index in [2.05, 4.69) is 23.5 Å². The van der Waals surface area contributed by atoms with E-state index in [1.54, 1.807) is 32.5 Å². The zero-order valence-corrected chi connectivity index (χ0v) is 20.1. The van der Waals surface area contributed by atoms with Gasteiger partial charge in [-0.05, 0) is 44.6 Å². The van der Waals surface area contributed by atoms with Crippen LogP contribution in [-0.4, -0.2) is 35.8 Å². The Morgan fingerprint density at radius 3 is 2.38 bits per heavy atom. The zero-order chi connectivity index (χ0) is 24.8. The molecule has 1 amide bonds. The Morgan fingerprint density at radius 1 is 1.28 bits per heavy atom. The number of amides is 1. The first-order valence-corrected chi connectivity index (χ1v) is 10.3. The number of carbonyl (C=O) groups is 2. The largest absolute Gasteiger partial charge is 0.512 e. The SMILES string of the molecule is C#C.CC.C\C(O)=C(/C=C\C=C(/C)NC1=C(NCc2cc(C)co2)CC1=O)C(=O)N(C)C. The first-order chi connectivity index (χ1) is 15.2. The number of furan rings is 1. The third kappa shape index (κ3) is 8.60. The van der Waals surface area contributed by atoms with Gasteiger partial charge in [0.2, 0.25) is 0 Å². The quantitative estimate of drug-likeness (QED) is 0.243. The van der Waals surface area contributed by atoms with E-state index in [9.17, 15) is 14.7 Å². The molecule has 32 heavy (non-hydrogen) atoms. The molecular formula is C25H35N3O4. The second-order valence-electron chi connectivity index (χ2n) is 6.93. The molecule has 174 valence electrons. The number of likely N-dealkylation sites (N-methyl/N-ethyl adjacent to an activating group) is 1. The summed E-state index contributed by atoms with van der Waals surface area (Å²) in [6, 6.07) is 1.94. The van der Waals surface area contributed by atoms with Crippen LogP contribution >= 0.6 is 0 Å². The fourth-order valence-electron chi connectivity index (χ4n) is 2.59. The number of rotatable bonds is 8. The van der Waals surface area contributed by atoms with Gasteiger partial charge in [0.15, 0.2) is 5.78 Å². The van der Waals surface area contributed by atoms with Crippen LogP contribution in [0.4, 0.5) is 0 Å². The number of aliphatic hydroxyl groups is 1. The lowest BCUT2D eigenvalue weighted by molar-refractivity contribution is -0.124. The third-order valence-electron chi connectivity index (χ3n) is 4.14. The van der Waals surface area contributed by atoms with Crippen molar-refractivity contribution in [3.8, 4) is 12.8 Å². The number of carbonyl (C=O) groups excluding carboxylic acids is 2. The fraction of sp³-hybridized carbons (Fsp3) is 0.360. The number of aliphatic hydroxyl groups excluding tert-OH is 1. The molecule has 1 heterocycles. The molecule has 0 bridgehead atoms. The molecule has 0 unspecified atom stereocenters. The minimum atomic E-state index is -0.285. The number of nitrogens with one attached hydrogen (secondary N) is 2. The maximum Gasteiger partial charge on any atom is 0.256 e. The smallest absolute Gasteiger partial charge is 0.256 e. The van der Waals surface area contributed by atoms with Crippen LogP contribution in [0, 0.1) is 19.8 Å². The lowest BCUT2D eigenvalue weighted by Crippen LogP contribution is -2.35. The first kappa shape index (κ1) is 28.3. The average Bonchev–Trinajstić information content (AvgIpc) is 3.19. The van der Waals surface area contributed by atoms with Crippen molar-refractivity contribution >= 4 is 11.7 Å². The van der Waals surface area contributed by atoms with Gasteiger partial charge in [0.1, 0.15) is 17.2 Å². The molecule has 3 N–H and O–H groups in total. The van der Waals surface area contributed by atoms with Crippen molar-refractivity contribution in [2.75, 3.05) is 14.1 Å². The van der Waals surface area contributed by atoms with Crippen molar-refractivity contribution in [2.24, 2.45) is 0 Å². The molecule has 2 rings (SSSR count). The van der Waals surface area contributed by atoms with Gasteiger partial charge in [0.25, 0.3) is 5.91 Å². The number of nitrogens with zero attached hydrogens (tertiary/aromatic N) is 1. The van der Waals surface area contributed by atoms with Gasteiger partial charge in [-0.2, -0.15) is 0 Å². The normalized spacial score (nSPS) is 13.8. The standard InChI is InChI=1S/C21H27N3O4.C2H6.C2H2/c1-13-9-16(28-12-13)11-22-18-10-19(26)20(18)23-14(2)7-6-8-17(15(3)25)21(27)24(4)5;2*1-2/h6-9,12,22-23,25H,10-11H2,1-5H3;1-2H3;1-2H/b8-6-,14-7+,17-15-;;. The second-order valence-corrected chi connectivity index (χ2v) is 6.93. The van der Waals surface area contributed by atoms with Crippen molar-refractivity contribution in [1.82, 2.24) is 15.5 Å². The molecule has 0 spiro atoms. The number of terminal acetylenes is 1. The molecule has 0 saturated heterocycles. The van der Waals surface area contributed by atoms with Crippen molar-refractivity contribution < 1.29 is 19.1 Å². The van der Waals surface area contributed by atoms with Crippen LogP contribution in [0.5, 0.6) is 0 Å². The molecule has 0 aromatic carbocycles. The van der Waals surface area contributed by atoms with Gasteiger partial charge in [-0.15, -0.1) is 12.8 Å². The highest BCUT2D eigenvalue weighted by Crippen LogP contribution is 2.21. The molecule has 1 aliphatic carbocycles. The maximum absolute atomic E-state index is 12.0. The number of hydrogen-bond donors (Lipinski definition) is 3. The average molecular weight is 442 g/mol. The lowest BCUT2D eigenvalue weighted by Gasteiger charge is -2.24. The van der Waals surface area contributed by atoms with E-state index in [0.717, 1.165) is 22.7 Å². The van der Waals surface area contributed by atoms with E-state index < -0.39 is 0 Å². The zero-order valence-electron chi connectivity index (χ0n) is 20.1.